The van der Waals surface area contributed by atoms with Gasteiger partial charge >= 0.3 is 5.97 Å². The fourth-order valence-electron chi connectivity index (χ4n) is 3.37. The molecule has 132 valence electrons. The second kappa shape index (κ2) is 7.13. The zero-order chi connectivity index (χ0) is 18.0. The molecule has 0 radical (unpaired) electrons. The summed E-state index contributed by atoms with van der Waals surface area (Å²) in [6.07, 6.45) is 1.46. The van der Waals surface area contributed by atoms with E-state index in [0.717, 1.165) is 12.0 Å². The number of aliphatic carboxylic acids is 1. The molecule has 1 aliphatic heterocycles. The topological polar surface area (TPSA) is 70.8 Å². The van der Waals surface area contributed by atoms with E-state index in [9.17, 15) is 14.7 Å². The molecule has 2 unspecified atom stereocenters. The fraction of sp³-hybridized carbons (Fsp3) is 0.400. The lowest BCUT2D eigenvalue weighted by Gasteiger charge is -2.34. The van der Waals surface area contributed by atoms with E-state index in [0.29, 0.717) is 31.0 Å². The van der Waals surface area contributed by atoms with Crippen molar-refractivity contribution in [3.8, 4) is 11.3 Å². The van der Waals surface area contributed by atoms with Crippen LogP contribution in [0.15, 0.2) is 40.8 Å². The van der Waals surface area contributed by atoms with Gasteiger partial charge in [0.15, 0.2) is 5.76 Å². The Morgan fingerprint density at radius 3 is 2.52 bits per heavy atom. The van der Waals surface area contributed by atoms with Crippen LogP contribution in [-0.2, 0) is 11.2 Å². The molecule has 2 aromatic rings. The summed E-state index contributed by atoms with van der Waals surface area (Å²) in [6, 6.07) is 11.6. The number of carbonyl (C=O) groups excluding carboxylic acids is 1. The van der Waals surface area contributed by atoms with Crippen LogP contribution >= 0.6 is 0 Å². The van der Waals surface area contributed by atoms with Gasteiger partial charge in [-0.25, -0.2) is 0 Å². The van der Waals surface area contributed by atoms with Gasteiger partial charge in [-0.15, -0.1) is 0 Å². The van der Waals surface area contributed by atoms with Crippen LogP contribution in [0.4, 0.5) is 0 Å². The number of carbonyl (C=O) groups is 2. The summed E-state index contributed by atoms with van der Waals surface area (Å²) in [6.45, 7) is 4.87. The molecule has 0 spiro atoms. The summed E-state index contributed by atoms with van der Waals surface area (Å²) in [5.41, 5.74) is 2.19. The lowest BCUT2D eigenvalue weighted by Crippen LogP contribution is -2.44. The van der Waals surface area contributed by atoms with Gasteiger partial charge in [0, 0.05) is 18.7 Å². The number of piperidine rings is 1. The smallest absolute Gasteiger partial charge is 0.306 e. The number of aryl methyl sites for hydroxylation is 1. The number of rotatable bonds is 4. The molecule has 5 heteroatoms. The number of benzene rings is 1. The first kappa shape index (κ1) is 17.3. The van der Waals surface area contributed by atoms with Crippen molar-refractivity contribution in [1.29, 1.82) is 0 Å². The molecule has 2 heterocycles. The maximum Gasteiger partial charge on any atom is 0.306 e. The minimum absolute atomic E-state index is 0.0637. The summed E-state index contributed by atoms with van der Waals surface area (Å²) in [4.78, 5) is 25.5. The van der Waals surface area contributed by atoms with Gasteiger partial charge in [0.25, 0.3) is 5.91 Å². The Bertz CT molecular complexity index is 762. The van der Waals surface area contributed by atoms with Crippen molar-refractivity contribution < 1.29 is 19.1 Å². The maximum atomic E-state index is 12.7. The van der Waals surface area contributed by atoms with Gasteiger partial charge in [-0.3, -0.25) is 9.59 Å². The first-order valence-corrected chi connectivity index (χ1v) is 8.70. The van der Waals surface area contributed by atoms with E-state index in [4.69, 9.17) is 4.42 Å². The molecule has 0 saturated carbocycles. The van der Waals surface area contributed by atoms with E-state index in [1.807, 2.05) is 25.1 Å². The number of hydrogen-bond donors (Lipinski definition) is 1. The number of carboxylic acids is 1. The van der Waals surface area contributed by atoms with Gasteiger partial charge in [-0.1, -0.05) is 38.1 Å². The van der Waals surface area contributed by atoms with Gasteiger partial charge in [0.1, 0.15) is 5.76 Å². The number of carboxylic acid groups (broad SMARTS) is 1. The van der Waals surface area contributed by atoms with Crippen LogP contribution in [0.5, 0.6) is 0 Å². The molecule has 1 amide bonds. The Balaban J connectivity index is 1.71. The van der Waals surface area contributed by atoms with Crippen molar-refractivity contribution in [1.82, 2.24) is 4.90 Å². The highest BCUT2D eigenvalue weighted by Gasteiger charge is 2.34. The third kappa shape index (κ3) is 3.60. The summed E-state index contributed by atoms with van der Waals surface area (Å²) in [7, 11) is 0. The van der Waals surface area contributed by atoms with Crippen LogP contribution in [-0.4, -0.2) is 35.0 Å². The number of amides is 1. The zero-order valence-corrected chi connectivity index (χ0v) is 14.6. The van der Waals surface area contributed by atoms with E-state index in [-0.39, 0.29) is 17.7 Å². The predicted octanol–water partition coefficient (Wildman–Crippen LogP) is 3.69. The van der Waals surface area contributed by atoms with Crippen molar-refractivity contribution in [3.05, 3.63) is 47.7 Å². The molecule has 2 atom stereocenters. The highest BCUT2D eigenvalue weighted by Crippen LogP contribution is 2.27. The summed E-state index contributed by atoms with van der Waals surface area (Å²) in [5, 5.41) is 9.20. The average Bonchev–Trinajstić information content (AvgIpc) is 3.10. The van der Waals surface area contributed by atoms with Gasteiger partial charge in [-0.2, -0.15) is 0 Å². The second-order valence-electron chi connectivity index (χ2n) is 6.68. The Kier molecular flexibility index (Phi) is 4.93. The van der Waals surface area contributed by atoms with Gasteiger partial charge in [0.05, 0.1) is 5.92 Å². The largest absolute Gasteiger partial charge is 0.481 e. The Morgan fingerprint density at radius 2 is 1.92 bits per heavy atom. The number of hydrogen-bond acceptors (Lipinski definition) is 3. The number of nitrogens with zero attached hydrogens (tertiary/aromatic N) is 1. The van der Waals surface area contributed by atoms with E-state index in [1.54, 1.807) is 11.0 Å². The molecule has 5 nitrogen and oxygen atoms in total. The molecule has 1 N–H and O–H groups in total. The minimum atomic E-state index is -0.782. The number of likely N-dealkylation sites (tertiary alicyclic amines) is 1. The first-order chi connectivity index (χ1) is 12.0. The molecule has 25 heavy (non-hydrogen) atoms. The lowest BCUT2D eigenvalue weighted by atomic mass is 9.87. The van der Waals surface area contributed by atoms with E-state index in [2.05, 4.69) is 19.1 Å². The SMILES string of the molecule is CCc1ccc(-c2ccc(C(=O)N3CCC(C(=O)O)C(C)C3)o2)cc1. The van der Waals surface area contributed by atoms with Crippen LogP contribution in [0, 0.1) is 11.8 Å². The van der Waals surface area contributed by atoms with Crippen molar-refractivity contribution >= 4 is 11.9 Å². The molecular formula is C20H23NO4. The fourth-order valence-corrected chi connectivity index (χ4v) is 3.37. The Morgan fingerprint density at radius 1 is 1.20 bits per heavy atom. The molecule has 1 aromatic heterocycles. The number of furan rings is 1. The van der Waals surface area contributed by atoms with Crippen LogP contribution < -0.4 is 0 Å². The van der Waals surface area contributed by atoms with Gasteiger partial charge in [-0.05, 0) is 36.5 Å². The summed E-state index contributed by atoms with van der Waals surface area (Å²) >= 11 is 0. The third-order valence-electron chi connectivity index (χ3n) is 4.97. The monoisotopic (exact) mass is 341 g/mol. The first-order valence-electron chi connectivity index (χ1n) is 8.70. The van der Waals surface area contributed by atoms with E-state index in [1.165, 1.54) is 5.56 Å². The Labute approximate surface area is 147 Å². The third-order valence-corrected chi connectivity index (χ3v) is 4.97. The maximum absolute atomic E-state index is 12.7. The van der Waals surface area contributed by atoms with E-state index < -0.39 is 5.97 Å². The van der Waals surface area contributed by atoms with Crippen molar-refractivity contribution in [2.45, 2.75) is 26.7 Å². The summed E-state index contributed by atoms with van der Waals surface area (Å²) in [5.74, 6) is -0.433. The molecule has 3 rings (SSSR count). The molecule has 0 bridgehead atoms. The van der Waals surface area contributed by atoms with Crippen LogP contribution in [0.2, 0.25) is 0 Å². The highest BCUT2D eigenvalue weighted by atomic mass is 16.4. The van der Waals surface area contributed by atoms with Crippen LogP contribution in [0.25, 0.3) is 11.3 Å². The van der Waals surface area contributed by atoms with Crippen LogP contribution in [0.1, 0.15) is 36.4 Å². The molecule has 1 fully saturated rings. The highest BCUT2D eigenvalue weighted by molar-refractivity contribution is 5.92. The quantitative estimate of drug-likeness (QED) is 0.920. The average molecular weight is 341 g/mol. The van der Waals surface area contributed by atoms with Crippen molar-refractivity contribution in [3.63, 3.8) is 0 Å². The molecular weight excluding hydrogens is 318 g/mol. The van der Waals surface area contributed by atoms with Crippen LogP contribution in [0.3, 0.4) is 0 Å². The summed E-state index contributed by atoms with van der Waals surface area (Å²) < 4.78 is 5.76. The van der Waals surface area contributed by atoms with Gasteiger partial charge < -0.3 is 14.4 Å². The van der Waals surface area contributed by atoms with E-state index >= 15 is 0 Å². The Hall–Kier alpha value is -2.56. The second-order valence-corrected chi connectivity index (χ2v) is 6.68. The zero-order valence-electron chi connectivity index (χ0n) is 14.6. The standard InChI is InChI=1S/C20H23NO4/c1-3-14-4-6-15(7-5-14)17-8-9-18(25-17)19(22)21-11-10-16(20(23)24)13(2)12-21/h4-9,13,16H,3,10-12H2,1-2H3,(H,23,24). The predicted molar refractivity (Wildman–Crippen MR) is 94.3 cm³/mol. The minimum Gasteiger partial charge on any atom is -0.481 e. The molecule has 1 saturated heterocycles. The van der Waals surface area contributed by atoms with Crippen molar-refractivity contribution in [2.75, 3.05) is 13.1 Å². The van der Waals surface area contributed by atoms with Crippen molar-refractivity contribution in [2.24, 2.45) is 11.8 Å². The lowest BCUT2D eigenvalue weighted by molar-refractivity contribution is -0.145. The normalized spacial score (nSPS) is 20.5. The van der Waals surface area contributed by atoms with Gasteiger partial charge in [0.2, 0.25) is 0 Å². The molecule has 1 aromatic carbocycles. The molecule has 0 aliphatic carbocycles. The molecule has 1 aliphatic rings.